The number of aromatic nitrogens is 1. The van der Waals surface area contributed by atoms with Gasteiger partial charge in [0.05, 0.1) is 12.3 Å². The van der Waals surface area contributed by atoms with E-state index in [1.54, 1.807) is 12.4 Å². The average molecular weight is 305 g/mol. The molecule has 1 heterocycles. The molecule has 4 heteroatoms. The fourth-order valence-corrected chi connectivity index (χ4v) is 2.39. The maximum Gasteiger partial charge on any atom is 0.138 e. The summed E-state index contributed by atoms with van der Waals surface area (Å²) in [4.78, 5) is 4.23. The van der Waals surface area contributed by atoms with Crippen LogP contribution in [-0.2, 0) is 6.54 Å². The molecule has 1 aromatic heterocycles. The fourth-order valence-electron chi connectivity index (χ4n) is 2.07. The summed E-state index contributed by atoms with van der Waals surface area (Å²) in [5.41, 5.74) is 3.11. The van der Waals surface area contributed by atoms with E-state index in [1.165, 1.54) is 5.56 Å². The minimum Gasteiger partial charge on any atom is -0.489 e. The maximum atomic E-state index is 6.40. The lowest BCUT2D eigenvalue weighted by Gasteiger charge is -2.12. The molecular formula is C17H21ClN2O. The second-order valence-corrected chi connectivity index (χ2v) is 5.58. The molecule has 2 aromatic rings. The van der Waals surface area contributed by atoms with Gasteiger partial charge in [0.25, 0.3) is 0 Å². The molecule has 3 nitrogen and oxygen atoms in total. The molecule has 0 aliphatic carbocycles. The topological polar surface area (TPSA) is 34.2 Å². The Balaban J connectivity index is 2.25. The van der Waals surface area contributed by atoms with Crippen molar-refractivity contribution >= 4 is 11.6 Å². The Morgan fingerprint density at radius 1 is 1.24 bits per heavy atom. The van der Waals surface area contributed by atoms with Gasteiger partial charge in [0, 0.05) is 28.9 Å². The Kier molecular flexibility index (Phi) is 5.59. The van der Waals surface area contributed by atoms with Gasteiger partial charge in [-0.15, -0.1) is 0 Å². The molecule has 0 atom stereocenters. The number of nitrogens with zero attached hydrogens (tertiary/aromatic N) is 1. The molecule has 0 fully saturated rings. The number of rotatable bonds is 6. The Morgan fingerprint density at radius 3 is 2.71 bits per heavy atom. The molecule has 0 aliphatic rings. The number of nitrogens with one attached hydrogen (secondary N) is 1. The van der Waals surface area contributed by atoms with Gasteiger partial charge in [-0.25, -0.2) is 0 Å². The largest absolute Gasteiger partial charge is 0.489 e. The van der Waals surface area contributed by atoms with E-state index in [0.717, 1.165) is 35.0 Å². The van der Waals surface area contributed by atoms with E-state index in [4.69, 9.17) is 16.3 Å². The number of halogens is 1. The van der Waals surface area contributed by atoms with Crippen LogP contribution >= 0.6 is 11.6 Å². The third-order valence-corrected chi connectivity index (χ3v) is 3.32. The summed E-state index contributed by atoms with van der Waals surface area (Å²) >= 11 is 6.40. The van der Waals surface area contributed by atoms with Crippen LogP contribution in [0.15, 0.2) is 36.7 Å². The van der Waals surface area contributed by atoms with Gasteiger partial charge in [0.1, 0.15) is 5.75 Å². The van der Waals surface area contributed by atoms with Crippen LogP contribution in [0.1, 0.15) is 26.3 Å². The summed E-state index contributed by atoms with van der Waals surface area (Å²) in [6.45, 7) is 7.84. The van der Waals surface area contributed by atoms with Gasteiger partial charge in [-0.1, -0.05) is 30.7 Å². The first-order valence-electron chi connectivity index (χ1n) is 7.21. The summed E-state index contributed by atoms with van der Waals surface area (Å²) in [6.07, 6.45) is 3.65. The predicted molar refractivity (Wildman–Crippen MR) is 87.8 cm³/mol. The molecule has 0 unspecified atom stereocenters. The zero-order valence-corrected chi connectivity index (χ0v) is 13.4. The summed E-state index contributed by atoms with van der Waals surface area (Å²) < 4.78 is 5.68. The number of ether oxygens (including phenoxy) is 1. The molecule has 0 saturated carbocycles. The Bertz CT molecular complexity index is 599. The summed E-state index contributed by atoms with van der Waals surface area (Å²) in [5.74, 6) is 0.760. The van der Waals surface area contributed by atoms with Gasteiger partial charge < -0.3 is 10.1 Å². The highest BCUT2D eigenvalue weighted by molar-refractivity contribution is 6.33. The van der Waals surface area contributed by atoms with Gasteiger partial charge in [0.15, 0.2) is 0 Å². The lowest BCUT2D eigenvalue weighted by molar-refractivity contribution is 0.241. The molecule has 0 saturated heterocycles. The molecule has 1 N–H and O–H groups in total. The highest BCUT2D eigenvalue weighted by Gasteiger charge is 2.07. The minimum absolute atomic E-state index is 0.125. The van der Waals surface area contributed by atoms with Crippen molar-refractivity contribution in [1.29, 1.82) is 0 Å². The molecule has 21 heavy (non-hydrogen) atoms. The third kappa shape index (κ3) is 4.45. The van der Waals surface area contributed by atoms with Gasteiger partial charge in [-0.2, -0.15) is 0 Å². The van der Waals surface area contributed by atoms with Crippen LogP contribution in [0, 0.1) is 0 Å². The molecule has 1 aromatic carbocycles. The lowest BCUT2D eigenvalue weighted by atomic mass is 10.1. The molecular weight excluding hydrogens is 284 g/mol. The Hall–Kier alpha value is -1.58. The van der Waals surface area contributed by atoms with Crippen molar-refractivity contribution in [2.24, 2.45) is 0 Å². The monoisotopic (exact) mass is 304 g/mol. The first-order chi connectivity index (χ1) is 10.1. The highest BCUT2D eigenvalue weighted by atomic mass is 35.5. The average Bonchev–Trinajstić information content (AvgIpc) is 2.44. The molecule has 0 amide bonds. The van der Waals surface area contributed by atoms with Crippen molar-refractivity contribution in [3.05, 3.63) is 47.2 Å². The lowest BCUT2D eigenvalue weighted by Crippen LogP contribution is -2.11. The molecule has 0 bridgehead atoms. The predicted octanol–water partition coefficient (Wildman–Crippen LogP) is 4.30. The van der Waals surface area contributed by atoms with Crippen molar-refractivity contribution in [1.82, 2.24) is 10.3 Å². The van der Waals surface area contributed by atoms with Gasteiger partial charge in [0.2, 0.25) is 0 Å². The van der Waals surface area contributed by atoms with E-state index in [0.29, 0.717) is 0 Å². The molecule has 0 aliphatic heterocycles. The van der Waals surface area contributed by atoms with Crippen molar-refractivity contribution in [3.63, 3.8) is 0 Å². The van der Waals surface area contributed by atoms with E-state index in [2.05, 4.69) is 23.3 Å². The first-order valence-corrected chi connectivity index (χ1v) is 7.59. The van der Waals surface area contributed by atoms with Crippen LogP contribution in [0.2, 0.25) is 5.02 Å². The van der Waals surface area contributed by atoms with Crippen LogP contribution in [0.4, 0.5) is 0 Å². The standard InChI is InChI=1S/C17H21ClN2O/c1-4-19-9-13-5-6-16(17(18)7-13)14-8-15(11-20-10-14)21-12(2)3/h5-8,10-12,19H,4,9H2,1-3H3. The van der Waals surface area contributed by atoms with E-state index in [9.17, 15) is 0 Å². The second-order valence-electron chi connectivity index (χ2n) is 5.17. The zero-order chi connectivity index (χ0) is 15.2. The number of hydrogen-bond acceptors (Lipinski definition) is 3. The summed E-state index contributed by atoms with van der Waals surface area (Å²) in [6, 6.07) is 8.08. The van der Waals surface area contributed by atoms with E-state index < -0.39 is 0 Å². The van der Waals surface area contributed by atoms with Gasteiger partial charge in [-0.3, -0.25) is 4.98 Å². The normalized spacial score (nSPS) is 10.9. The van der Waals surface area contributed by atoms with E-state index in [-0.39, 0.29) is 6.10 Å². The quantitative estimate of drug-likeness (QED) is 0.864. The highest BCUT2D eigenvalue weighted by Crippen LogP contribution is 2.30. The first kappa shape index (κ1) is 15.8. The molecule has 112 valence electrons. The van der Waals surface area contributed by atoms with Crippen LogP contribution < -0.4 is 10.1 Å². The van der Waals surface area contributed by atoms with Crippen molar-refractivity contribution in [3.8, 4) is 16.9 Å². The zero-order valence-electron chi connectivity index (χ0n) is 12.7. The van der Waals surface area contributed by atoms with E-state index >= 15 is 0 Å². The molecule has 2 rings (SSSR count). The second kappa shape index (κ2) is 7.43. The van der Waals surface area contributed by atoms with Crippen LogP contribution in [-0.4, -0.2) is 17.6 Å². The van der Waals surface area contributed by atoms with Crippen molar-refractivity contribution in [2.75, 3.05) is 6.54 Å². The summed E-state index contributed by atoms with van der Waals surface area (Å²) in [7, 11) is 0. The number of hydrogen-bond donors (Lipinski definition) is 1. The van der Waals surface area contributed by atoms with Crippen LogP contribution in [0.3, 0.4) is 0 Å². The maximum absolute atomic E-state index is 6.40. The fraction of sp³-hybridized carbons (Fsp3) is 0.353. The smallest absolute Gasteiger partial charge is 0.138 e. The van der Waals surface area contributed by atoms with Crippen LogP contribution in [0.5, 0.6) is 5.75 Å². The summed E-state index contributed by atoms with van der Waals surface area (Å²) in [5, 5.41) is 4.02. The van der Waals surface area contributed by atoms with Gasteiger partial charge in [-0.05, 0) is 38.1 Å². The molecule has 0 radical (unpaired) electrons. The Labute approximate surface area is 131 Å². The number of benzene rings is 1. The van der Waals surface area contributed by atoms with Crippen molar-refractivity contribution < 1.29 is 4.74 Å². The van der Waals surface area contributed by atoms with Crippen molar-refractivity contribution in [2.45, 2.75) is 33.4 Å². The van der Waals surface area contributed by atoms with Crippen LogP contribution in [0.25, 0.3) is 11.1 Å². The minimum atomic E-state index is 0.125. The van der Waals surface area contributed by atoms with E-state index in [1.807, 2.05) is 32.0 Å². The number of pyridine rings is 1. The SMILES string of the molecule is CCNCc1ccc(-c2cncc(OC(C)C)c2)c(Cl)c1. The Morgan fingerprint density at radius 2 is 2.05 bits per heavy atom. The third-order valence-electron chi connectivity index (χ3n) is 3.01. The van der Waals surface area contributed by atoms with Gasteiger partial charge >= 0.3 is 0 Å². The molecule has 0 spiro atoms.